The maximum atomic E-state index is 13.5. The first-order valence-corrected chi connectivity index (χ1v) is 12.3. The van der Waals surface area contributed by atoms with Crippen LogP contribution in [0.3, 0.4) is 0 Å². The van der Waals surface area contributed by atoms with Gasteiger partial charge < -0.3 is 20.4 Å². The van der Waals surface area contributed by atoms with Gasteiger partial charge in [0.15, 0.2) is 0 Å². The number of urea groups is 1. The molecule has 2 aromatic carbocycles. The van der Waals surface area contributed by atoms with Gasteiger partial charge in [0, 0.05) is 31.2 Å². The Bertz CT molecular complexity index is 874. The van der Waals surface area contributed by atoms with Crippen LogP contribution in [0.1, 0.15) is 45.6 Å². The first kappa shape index (κ1) is 27.3. The van der Waals surface area contributed by atoms with Crippen LogP contribution < -0.4 is 10.6 Å². The fourth-order valence-electron chi connectivity index (χ4n) is 3.81. The summed E-state index contributed by atoms with van der Waals surface area (Å²) in [6.07, 6.45) is 2.83. The van der Waals surface area contributed by atoms with Gasteiger partial charge in [0.25, 0.3) is 0 Å². The molecule has 0 aliphatic rings. The van der Waals surface area contributed by atoms with E-state index in [9.17, 15) is 14.0 Å². The maximum absolute atomic E-state index is 13.5. The van der Waals surface area contributed by atoms with Crippen LogP contribution in [0.4, 0.5) is 14.9 Å². The van der Waals surface area contributed by atoms with Gasteiger partial charge in [0.1, 0.15) is 5.82 Å². The first-order chi connectivity index (χ1) is 16.4. The van der Waals surface area contributed by atoms with Crippen LogP contribution in [0.2, 0.25) is 0 Å². The number of anilines is 1. The predicted molar refractivity (Wildman–Crippen MR) is 136 cm³/mol. The van der Waals surface area contributed by atoms with Gasteiger partial charge in [-0.1, -0.05) is 50.2 Å². The smallest absolute Gasteiger partial charge is 0.321 e. The Balaban J connectivity index is 1.88. The van der Waals surface area contributed by atoms with Crippen molar-refractivity contribution in [2.45, 2.75) is 52.5 Å². The second-order valence-corrected chi connectivity index (χ2v) is 8.55. The lowest BCUT2D eigenvalue weighted by Crippen LogP contribution is -2.40. The zero-order valence-corrected chi connectivity index (χ0v) is 20.7. The number of benzene rings is 2. The Morgan fingerprint density at radius 1 is 0.971 bits per heavy atom. The highest BCUT2D eigenvalue weighted by Crippen LogP contribution is 2.11. The summed E-state index contributed by atoms with van der Waals surface area (Å²) >= 11 is 0. The molecular weight excluding hydrogens is 431 g/mol. The van der Waals surface area contributed by atoms with Crippen LogP contribution in [-0.4, -0.2) is 60.5 Å². The number of rotatable bonds is 14. The minimum atomic E-state index is -0.414. The van der Waals surface area contributed by atoms with E-state index in [-0.39, 0.29) is 30.9 Å². The van der Waals surface area contributed by atoms with Crippen molar-refractivity contribution in [3.05, 3.63) is 66.0 Å². The van der Waals surface area contributed by atoms with Gasteiger partial charge in [-0.2, -0.15) is 0 Å². The molecule has 186 valence electrons. The molecule has 0 spiro atoms. The summed E-state index contributed by atoms with van der Waals surface area (Å²) in [6, 6.07) is 15.4. The molecule has 2 aromatic rings. The summed E-state index contributed by atoms with van der Waals surface area (Å²) in [5.74, 6) is -0.485. The third kappa shape index (κ3) is 10.3. The molecule has 0 saturated heterocycles. The highest BCUT2D eigenvalue weighted by Gasteiger charge is 2.17. The number of nitrogens with zero attached hydrogens (tertiary/aromatic N) is 2. The molecule has 0 radical (unpaired) electrons. The molecule has 0 heterocycles. The highest BCUT2D eigenvalue weighted by atomic mass is 19.1. The standard InChI is InChI=1S/C27H39FN4O2/c1-4-31(5-2)18-10-11-22(3)29-26(33)17-20-32(19-16-23-12-7-6-8-13-23)27(34)30-25-15-9-14-24(28)21-25/h6-9,12-15,21-22H,4-5,10-11,16-20H2,1-3H3,(H,29,33)(H,30,34). The Hall–Kier alpha value is -2.93. The quantitative estimate of drug-likeness (QED) is 0.412. The largest absolute Gasteiger partial charge is 0.354 e. The second-order valence-electron chi connectivity index (χ2n) is 8.55. The molecule has 0 fully saturated rings. The molecule has 6 nitrogen and oxygen atoms in total. The van der Waals surface area contributed by atoms with Crippen molar-refractivity contribution < 1.29 is 14.0 Å². The Morgan fingerprint density at radius 3 is 2.38 bits per heavy atom. The van der Waals surface area contributed by atoms with E-state index in [4.69, 9.17) is 0 Å². The lowest BCUT2D eigenvalue weighted by atomic mass is 10.1. The summed E-state index contributed by atoms with van der Waals surface area (Å²) in [6.45, 7) is 10.2. The summed E-state index contributed by atoms with van der Waals surface area (Å²) in [7, 11) is 0. The predicted octanol–water partition coefficient (Wildman–Crippen LogP) is 4.92. The highest BCUT2D eigenvalue weighted by molar-refractivity contribution is 5.89. The van der Waals surface area contributed by atoms with Crippen LogP contribution in [-0.2, 0) is 11.2 Å². The van der Waals surface area contributed by atoms with Crippen molar-refractivity contribution in [2.24, 2.45) is 0 Å². The van der Waals surface area contributed by atoms with E-state index < -0.39 is 5.82 Å². The molecule has 0 aliphatic heterocycles. The average Bonchev–Trinajstić information content (AvgIpc) is 2.82. The zero-order valence-electron chi connectivity index (χ0n) is 20.7. The van der Waals surface area contributed by atoms with Gasteiger partial charge in [0.2, 0.25) is 5.91 Å². The van der Waals surface area contributed by atoms with E-state index in [1.165, 1.54) is 12.1 Å². The molecule has 1 unspecified atom stereocenters. The molecule has 2 N–H and O–H groups in total. The van der Waals surface area contributed by atoms with E-state index in [0.29, 0.717) is 18.7 Å². The minimum Gasteiger partial charge on any atom is -0.354 e. The normalized spacial score (nSPS) is 11.8. The average molecular weight is 471 g/mol. The molecule has 0 aromatic heterocycles. The molecule has 2 rings (SSSR count). The van der Waals surface area contributed by atoms with Crippen LogP contribution >= 0.6 is 0 Å². The number of carbonyl (C=O) groups excluding carboxylic acids is 2. The lowest BCUT2D eigenvalue weighted by molar-refractivity contribution is -0.121. The van der Waals surface area contributed by atoms with Crippen molar-refractivity contribution >= 4 is 17.6 Å². The van der Waals surface area contributed by atoms with Gasteiger partial charge in [-0.3, -0.25) is 4.79 Å². The summed E-state index contributed by atoms with van der Waals surface area (Å²) in [5.41, 5.74) is 1.50. The number of hydrogen-bond acceptors (Lipinski definition) is 3. The van der Waals surface area contributed by atoms with Crippen LogP contribution in [0.5, 0.6) is 0 Å². The number of carbonyl (C=O) groups is 2. The SMILES string of the molecule is CCN(CC)CCCC(C)NC(=O)CCN(CCc1ccccc1)C(=O)Nc1cccc(F)c1. The molecular formula is C27H39FN4O2. The van der Waals surface area contributed by atoms with E-state index >= 15 is 0 Å². The first-order valence-electron chi connectivity index (χ1n) is 12.3. The number of nitrogens with one attached hydrogen (secondary N) is 2. The number of halogens is 1. The fraction of sp³-hybridized carbons (Fsp3) is 0.481. The molecule has 0 saturated carbocycles. The lowest BCUT2D eigenvalue weighted by Gasteiger charge is -2.24. The van der Waals surface area contributed by atoms with Gasteiger partial charge >= 0.3 is 6.03 Å². The number of hydrogen-bond donors (Lipinski definition) is 2. The maximum Gasteiger partial charge on any atom is 0.321 e. The topological polar surface area (TPSA) is 64.7 Å². The molecule has 1 atom stereocenters. The minimum absolute atomic E-state index is 0.0707. The van der Waals surface area contributed by atoms with E-state index in [1.807, 2.05) is 37.3 Å². The van der Waals surface area contributed by atoms with Crippen LogP contribution in [0, 0.1) is 5.82 Å². The summed E-state index contributed by atoms with van der Waals surface area (Å²) in [5, 5.41) is 5.79. The monoisotopic (exact) mass is 470 g/mol. The van der Waals surface area contributed by atoms with Crippen molar-refractivity contribution in [1.29, 1.82) is 0 Å². The van der Waals surface area contributed by atoms with Crippen molar-refractivity contribution in [1.82, 2.24) is 15.1 Å². The summed E-state index contributed by atoms with van der Waals surface area (Å²) < 4.78 is 13.5. The third-order valence-electron chi connectivity index (χ3n) is 5.90. The Labute approximate surface area is 203 Å². The van der Waals surface area contributed by atoms with E-state index in [2.05, 4.69) is 29.4 Å². The van der Waals surface area contributed by atoms with E-state index in [0.717, 1.165) is 38.0 Å². The van der Waals surface area contributed by atoms with Crippen LogP contribution in [0.25, 0.3) is 0 Å². The Morgan fingerprint density at radius 2 is 1.71 bits per heavy atom. The zero-order chi connectivity index (χ0) is 24.8. The number of amides is 3. The molecule has 3 amide bonds. The van der Waals surface area contributed by atoms with Crippen molar-refractivity contribution in [3.8, 4) is 0 Å². The van der Waals surface area contributed by atoms with Gasteiger partial charge in [-0.15, -0.1) is 0 Å². The molecule has 0 bridgehead atoms. The van der Waals surface area contributed by atoms with Gasteiger partial charge in [-0.05, 0) is 69.6 Å². The Kier molecular flexibility index (Phi) is 12.1. The van der Waals surface area contributed by atoms with Crippen molar-refractivity contribution in [2.75, 3.05) is 38.0 Å². The van der Waals surface area contributed by atoms with Crippen molar-refractivity contribution in [3.63, 3.8) is 0 Å². The second kappa shape index (κ2) is 15.1. The fourth-order valence-corrected chi connectivity index (χ4v) is 3.81. The third-order valence-corrected chi connectivity index (χ3v) is 5.90. The van der Waals surface area contributed by atoms with Crippen LogP contribution in [0.15, 0.2) is 54.6 Å². The molecule has 7 heteroatoms. The summed E-state index contributed by atoms with van der Waals surface area (Å²) in [4.78, 5) is 29.4. The van der Waals surface area contributed by atoms with Gasteiger partial charge in [-0.25, -0.2) is 9.18 Å². The van der Waals surface area contributed by atoms with Gasteiger partial charge in [0.05, 0.1) is 0 Å². The van der Waals surface area contributed by atoms with E-state index in [1.54, 1.807) is 17.0 Å². The molecule has 34 heavy (non-hydrogen) atoms. The molecule has 0 aliphatic carbocycles.